The molecular weight excluding hydrogens is 252 g/mol. The Morgan fingerprint density at radius 1 is 1.25 bits per heavy atom. The summed E-state index contributed by atoms with van der Waals surface area (Å²) in [6.07, 6.45) is 4.40. The summed E-state index contributed by atoms with van der Waals surface area (Å²) in [5, 5.41) is 0. The molecule has 0 saturated carbocycles. The second-order valence-electron chi connectivity index (χ2n) is 4.87. The highest BCUT2D eigenvalue weighted by Crippen LogP contribution is 1.98. The number of rotatable bonds is 6. The minimum absolute atomic E-state index is 0.0164. The lowest BCUT2D eigenvalue weighted by atomic mass is 10.2. The molecule has 0 saturated heterocycles. The van der Waals surface area contributed by atoms with Gasteiger partial charge in [-0.05, 0) is 25.2 Å². The van der Waals surface area contributed by atoms with Gasteiger partial charge in [0, 0.05) is 55.9 Å². The molecule has 2 heterocycles. The van der Waals surface area contributed by atoms with Gasteiger partial charge in [0.1, 0.15) is 0 Å². The summed E-state index contributed by atoms with van der Waals surface area (Å²) in [5.41, 5.74) is 7.37. The molecule has 2 aromatic heterocycles. The molecule has 2 aromatic rings. The Bertz CT molecular complexity index is 594. The van der Waals surface area contributed by atoms with E-state index in [1.807, 2.05) is 31.4 Å². The first kappa shape index (κ1) is 14.3. The number of pyridine rings is 2. The van der Waals surface area contributed by atoms with E-state index in [9.17, 15) is 4.79 Å². The van der Waals surface area contributed by atoms with Gasteiger partial charge in [0.05, 0.1) is 0 Å². The molecule has 0 bridgehead atoms. The van der Waals surface area contributed by atoms with Gasteiger partial charge >= 0.3 is 0 Å². The van der Waals surface area contributed by atoms with Crippen molar-refractivity contribution in [3.8, 4) is 0 Å². The topological polar surface area (TPSA) is 64.2 Å². The van der Waals surface area contributed by atoms with E-state index in [1.54, 1.807) is 16.8 Å². The molecule has 5 nitrogen and oxygen atoms in total. The van der Waals surface area contributed by atoms with Crippen LogP contribution in [0.3, 0.4) is 0 Å². The van der Waals surface area contributed by atoms with Crippen molar-refractivity contribution in [1.29, 1.82) is 0 Å². The zero-order valence-electron chi connectivity index (χ0n) is 11.7. The molecule has 0 fully saturated rings. The van der Waals surface area contributed by atoms with Crippen LogP contribution in [0.1, 0.15) is 5.69 Å². The van der Waals surface area contributed by atoms with Crippen LogP contribution in [0.15, 0.2) is 47.5 Å². The van der Waals surface area contributed by atoms with Crippen LogP contribution in [-0.2, 0) is 13.0 Å². The normalized spacial score (nSPS) is 10.9. The number of aromatic nitrogens is 2. The average molecular weight is 272 g/mol. The van der Waals surface area contributed by atoms with E-state index in [4.69, 9.17) is 5.73 Å². The van der Waals surface area contributed by atoms with Crippen LogP contribution in [0, 0.1) is 0 Å². The zero-order valence-corrected chi connectivity index (χ0v) is 11.7. The Balaban J connectivity index is 1.82. The lowest BCUT2D eigenvalue weighted by Gasteiger charge is -2.17. The maximum atomic E-state index is 11.6. The van der Waals surface area contributed by atoms with Crippen LogP contribution < -0.4 is 11.3 Å². The van der Waals surface area contributed by atoms with Gasteiger partial charge < -0.3 is 15.2 Å². The van der Waals surface area contributed by atoms with Gasteiger partial charge in [-0.1, -0.05) is 6.07 Å². The van der Waals surface area contributed by atoms with Crippen LogP contribution >= 0.6 is 0 Å². The quantitative estimate of drug-likeness (QED) is 0.852. The van der Waals surface area contributed by atoms with Gasteiger partial charge in [0.25, 0.3) is 5.56 Å². The van der Waals surface area contributed by atoms with Gasteiger partial charge in [-0.15, -0.1) is 0 Å². The molecule has 2 N–H and O–H groups in total. The minimum atomic E-state index is -0.0164. The fourth-order valence-electron chi connectivity index (χ4n) is 1.97. The van der Waals surface area contributed by atoms with E-state index in [0.29, 0.717) is 12.2 Å². The molecule has 5 heteroatoms. The molecule has 0 radical (unpaired) electrons. The van der Waals surface area contributed by atoms with Crippen molar-refractivity contribution in [2.24, 2.45) is 0 Å². The lowest BCUT2D eigenvalue weighted by Crippen LogP contribution is -2.29. The highest BCUT2D eigenvalue weighted by Gasteiger charge is 2.02. The van der Waals surface area contributed by atoms with E-state index < -0.39 is 0 Å². The molecule has 0 aromatic carbocycles. The van der Waals surface area contributed by atoms with E-state index >= 15 is 0 Å². The first-order valence-electron chi connectivity index (χ1n) is 6.69. The number of hydrogen-bond donors (Lipinski definition) is 1. The molecule has 0 amide bonds. The smallest absolute Gasteiger partial charge is 0.250 e. The van der Waals surface area contributed by atoms with Crippen molar-refractivity contribution in [3.05, 3.63) is 58.8 Å². The van der Waals surface area contributed by atoms with Gasteiger partial charge in [-0.25, -0.2) is 0 Å². The van der Waals surface area contributed by atoms with Crippen LogP contribution in [0.4, 0.5) is 5.69 Å². The summed E-state index contributed by atoms with van der Waals surface area (Å²) < 4.78 is 1.65. The predicted molar refractivity (Wildman–Crippen MR) is 80.6 cm³/mol. The van der Waals surface area contributed by atoms with Crippen molar-refractivity contribution < 1.29 is 0 Å². The maximum absolute atomic E-state index is 11.6. The minimum Gasteiger partial charge on any atom is -0.398 e. The lowest BCUT2D eigenvalue weighted by molar-refractivity contribution is 0.320. The Labute approximate surface area is 118 Å². The fourth-order valence-corrected chi connectivity index (χ4v) is 1.97. The van der Waals surface area contributed by atoms with Gasteiger partial charge in [0.2, 0.25) is 0 Å². The summed E-state index contributed by atoms with van der Waals surface area (Å²) in [5.74, 6) is 0. The van der Waals surface area contributed by atoms with Crippen LogP contribution in [0.2, 0.25) is 0 Å². The number of nitrogens with two attached hydrogens (primary N) is 1. The largest absolute Gasteiger partial charge is 0.398 e. The molecule has 20 heavy (non-hydrogen) atoms. The monoisotopic (exact) mass is 272 g/mol. The summed E-state index contributed by atoms with van der Waals surface area (Å²) >= 11 is 0. The van der Waals surface area contributed by atoms with Gasteiger partial charge in [-0.2, -0.15) is 0 Å². The highest BCUT2D eigenvalue weighted by molar-refractivity contribution is 5.33. The predicted octanol–water partition coefficient (Wildman–Crippen LogP) is 1.000. The van der Waals surface area contributed by atoms with E-state index in [-0.39, 0.29) is 5.56 Å². The van der Waals surface area contributed by atoms with Crippen molar-refractivity contribution in [2.45, 2.75) is 13.0 Å². The SMILES string of the molecule is CN(CCc1ccccn1)CCn1cc(N)ccc1=O. The highest BCUT2D eigenvalue weighted by atomic mass is 16.1. The first-order chi connectivity index (χ1) is 9.65. The van der Waals surface area contributed by atoms with E-state index in [1.165, 1.54) is 6.07 Å². The van der Waals surface area contributed by atoms with E-state index in [2.05, 4.69) is 9.88 Å². The molecule has 0 unspecified atom stereocenters. The molecule has 2 rings (SSSR count). The first-order valence-corrected chi connectivity index (χ1v) is 6.69. The Morgan fingerprint density at radius 2 is 2.10 bits per heavy atom. The van der Waals surface area contributed by atoms with Crippen molar-refractivity contribution >= 4 is 5.69 Å². The summed E-state index contributed by atoms with van der Waals surface area (Å²) in [6, 6.07) is 9.07. The Kier molecular flexibility index (Phi) is 4.90. The summed E-state index contributed by atoms with van der Waals surface area (Å²) in [4.78, 5) is 18.1. The van der Waals surface area contributed by atoms with Crippen molar-refractivity contribution in [1.82, 2.24) is 14.5 Å². The Morgan fingerprint density at radius 3 is 2.85 bits per heavy atom. The molecular formula is C15H20N4O. The van der Waals surface area contributed by atoms with E-state index in [0.717, 1.165) is 25.2 Å². The second kappa shape index (κ2) is 6.86. The third kappa shape index (κ3) is 4.20. The molecule has 0 spiro atoms. The molecule has 0 aliphatic rings. The summed E-state index contributed by atoms with van der Waals surface area (Å²) in [6.45, 7) is 2.35. The maximum Gasteiger partial charge on any atom is 0.250 e. The number of nitrogens with zero attached hydrogens (tertiary/aromatic N) is 3. The molecule has 106 valence electrons. The third-order valence-corrected chi connectivity index (χ3v) is 3.20. The Hall–Kier alpha value is -2.14. The van der Waals surface area contributed by atoms with Crippen LogP contribution in [0.25, 0.3) is 0 Å². The van der Waals surface area contributed by atoms with Crippen LogP contribution in [0.5, 0.6) is 0 Å². The van der Waals surface area contributed by atoms with Crippen LogP contribution in [-0.4, -0.2) is 34.6 Å². The average Bonchev–Trinajstić information content (AvgIpc) is 2.47. The second-order valence-corrected chi connectivity index (χ2v) is 4.87. The molecule has 0 aliphatic carbocycles. The third-order valence-electron chi connectivity index (χ3n) is 3.20. The zero-order chi connectivity index (χ0) is 14.4. The number of likely N-dealkylation sites (N-methyl/N-ethyl adjacent to an activating group) is 1. The van der Waals surface area contributed by atoms with Crippen molar-refractivity contribution in [3.63, 3.8) is 0 Å². The molecule has 0 atom stereocenters. The number of anilines is 1. The van der Waals surface area contributed by atoms with Crippen molar-refractivity contribution in [2.75, 3.05) is 25.9 Å². The number of hydrogen-bond acceptors (Lipinski definition) is 4. The standard InChI is InChI=1S/C15H20N4O/c1-18(9-7-14-4-2-3-8-17-14)10-11-19-12-13(16)5-6-15(19)20/h2-6,8,12H,7,9-11,16H2,1H3. The van der Waals surface area contributed by atoms with Gasteiger partial charge in [-0.3, -0.25) is 9.78 Å². The summed E-state index contributed by atoms with van der Waals surface area (Å²) in [7, 11) is 2.04. The van der Waals surface area contributed by atoms with Gasteiger partial charge in [0.15, 0.2) is 0 Å². The number of nitrogen functional groups attached to an aromatic ring is 1. The molecule has 0 aliphatic heterocycles. The fraction of sp³-hybridized carbons (Fsp3) is 0.333.